The summed E-state index contributed by atoms with van der Waals surface area (Å²) in [6.07, 6.45) is 0.986. The fourth-order valence-corrected chi connectivity index (χ4v) is 5.65. The second kappa shape index (κ2) is 7.36. The van der Waals surface area contributed by atoms with E-state index in [0.717, 1.165) is 6.42 Å². The van der Waals surface area contributed by atoms with Crippen molar-refractivity contribution in [2.24, 2.45) is 0 Å². The highest BCUT2D eigenvalue weighted by Gasteiger charge is 2.22. The summed E-state index contributed by atoms with van der Waals surface area (Å²) in [6, 6.07) is 41.6. The third kappa shape index (κ3) is 2.57. The molecule has 0 unspecified atom stereocenters. The van der Waals surface area contributed by atoms with Crippen molar-refractivity contribution in [2.75, 3.05) is 0 Å². The van der Waals surface area contributed by atoms with Gasteiger partial charge in [0, 0.05) is 32.9 Å². The normalized spacial score (nSPS) is 11.8. The van der Waals surface area contributed by atoms with Crippen molar-refractivity contribution in [3.8, 4) is 11.4 Å². The molecular weight excluding hydrogens is 412 g/mol. The number of aromatic nitrogens is 2. The number of para-hydroxylation sites is 4. The van der Waals surface area contributed by atoms with Gasteiger partial charge < -0.3 is 9.13 Å². The summed E-state index contributed by atoms with van der Waals surface area (Å²) >= 11 is 0. The summed E-state index contributed by atoms with van der Waals surface area (Å²) in [4.78, 5) is 0. The van der Waals surface area contributed by atoms with Crippen molar-refractivity contribution in [1.82, 2.24) is 9.13 Å². The lowest BCUT2D eigenvalue weighted by atomic mass is 10.0. The van der Waals surface area contributed by atoms with Crippen LogP contribution in [0.3, 0.4) is 0 Å². The molecule has 0 radical (unpaired) electrons. The fourth-order valence-electron chi connectivity index (χ4n) is 5.65. The lowest BCUT2D eigenvalue weighted by molar-refractivity contribution is 1.14. The summed E-state index contributed by atoms with van der Waals surface area (Å²) in [5, 5.41) is 5.27. The van der Waals surface area contributed by atoms with Gasteiger partial charge in [-0.05, 0) is 54.4 Å². The zero-order chi connectivity index (χ0) is 22.6. The minimum Gasteiger partial charge on any atom is -0.307 e. The number of benzene rings is 5. The molecule has 5 aromatic carbocycles. The fraction of sp³-hybridized carbons (Fsp3) is 0.0625. The highest BCUT2D eigenvalue weighted by Crippen LogP contribution is 2.43. The van der Waals surface area contributed by atoms with Crippen LogP contribution in [-0.2, 0) is 6.42 Å². The van der Waals surface area contributed by atoms with E-state index in [0.29, 0.717) is 0 Å². The standard InChI is InChI=1S/C32H24N2/c1-2-22-21-27-25-17-9-11-19-28(25)33(23-13-5-3-6-14-23)31(27)32-30(22)26-18-10-12-20-29(26)34(32)24-15-7-4-8-16-24/h3-21H,2H2,1H3. The minimum absolute atomic E-state index is 0.986. The van der Waals surface area contributed by atoms with Gasteiger partial charge in [-0.2, -0.15) is 0 Å². The number of hydrogen-bond acceptors (Lipinski definition) is 0. The van der Waals surface area contributed by atoms with E-state index in [4.69, 9.17) is 0 Å². The van der Waals surface area contributed by atoms with Gasteiger partial charge >= 0.3 is 0 Å². The minimum atomic E-state index is 0.986. The Morgan fingerprint density at radius 1 is 0.500 bits per heavy atom. The van der Waals surface area contributed by atoms with Crippen LogP contribution in [0, 0.1) is 0 Å². The predicted octanol–water partition coefficient (Wildman–Crippen LogP) is 8.44. The molecular formula is C32H24N2. The van der Waals surface area contributed by atoms with Crippen molar-refractivity contribution < 1.29 is 0 Å². The molecule has 2 nitrogen and oxygen atoms in total. The molecule has 2 heteroatoms. The van der Waals surface area contributed by atoms with Crippen LogP contribution < -0.4 is 0 Å². The Morgan fingerprint density at radius 3 is 1.62 bits per heavy atom. The molecule has 7 aromatic rings. The summed E-state index contributed by atoms with van der Waals surface area (Å²) < 4.78 is 4.91. The van der Waals surface area contributed by atoms with E-state index >= 15 is 0 Å². The van der Waals surface area contributed by atoms with Crippen LogP contribution in [0.2, 0.25) is 0 Å². The third-order valence-electron chi connectivity index (χ3n) is 7.06. The highest BCUT2D eigenvalue weighted by molar-refractivity contribution is 6.25. The van der Waals surface area contributed by atoms with E-state index in [1.165, 1.54) is 60.5 Å². The summed E-state index contributed by atoms with van der Waals surface area (Å²) in [5.41, 5.74) is 8.79. The lowest BCUT2D eigenvalue weighted by Gasteiger charge is -2.13. The van der Waals surface area contributed by atoms with Gasteiger partial charge in [-0.15, -0.1) is 0 Å². The maximum atomic E-state index is 2.46. The van der Waals surface area contributed by atoms with Crippen LogP contribution in [0.5, 0.6) is 0 Å². The van der Waals surface area contributed by atoms with E-state index in [-0.39, 0.29) is 0 Å². The summed E-state index contributed by atoms with van der Waals surface area (Å²) in [7, 11) is 0. The lowest BCUT2D eigenvalue weighted by Crippen LogP contribution is -1.99. The van der Waals surface area contributed by atoms with Crippen LogP contribution in [0.4, 0.5) is 0 Å². The molecule has 7 rings (SSSR count). The molecule has 2 heterocycles. The maximum Gasteiger partial charge on any atom is 0.0791 e. The second-order valence-electron chi connectivity index (χ2n) is 8.89. The average Bonchev–Trinajstić information content (AvgIpc) is 3.42. The number of fused-ring (bicyclic) bond motifs is 7. The third-order valence-corrected chi connectivity index (χ3v) is 7.06. The number of rotatable bonds is 3. The van der Waals surface area contributed by atoms with Crippen molar-refractivity contribution in [1.29, 1.82) is 0 Å². The SMILES string of the molecule is CCc1cc2c3ccccc3n(-c3ccccc3)c2c2c1c1ccccc1n2-c1ccccc1. The Morgan fingerprint density at radius 2 is 1.00 bits per heavy atom. The van der Waals surface area contributed by atoms with Crippen LogP contribution in [0.15, 0.2) is 115 Å². The molecule has 0 spiro atoms. The molecule has 0 aliphatic rings. The molecule has 162 valence electrons. The van der Waals surface area contributed by atoms with Crippen LogP contribution >= 0.6 is 0 Å². The first kappa shape index (κ1) is 19.2. The van der Waals surface area contributed by atoms with Gasteiger partial charge in [0.15, 0.2) is 0 Å². The quantitative estimate of drug-likeness (QED) is 0.263. The molecule has 0 aliphatic carbocycles. The Hall–Kier alpha value is -4.30. The topological polar surface area (TPSA) is 9.86 Å². The Bertz CT molecular complexity index is 1820. The average molecular weight is 437 g/mol. The van der Waals surface area contributed by atoms with Crippen molar-refractivity contribution in [2.45, 2.75) is 13.3 Å². The first-order valence-electron chi connectivity index (χ1n) is 12.0. The monoisotopic (exact) mass is 436 g/mol. The van der Waals surface area contributed by atoms with Gasteiger partial charge in [0.1, 0.15) is 0 Å². The maximum absolute atomic E-state index is 2.46. The Balaban J connectivity index is 1.84. The molecule has 0 saturated carbocycles. The highest BCUT2D eigenvalue weighted by atomic mass is 15.0. The van der Waals surface area contributed by atoms with E-state index in [9.17, 15) is 0 Å². The van der Waals surface area contributed by atoms with Crippen LogP contribution in [-0.4, -0.2) is 9.13 Å². The van der Waals surface area contributed by atoms with E-state index in [1.54, 1.807) is 0 Å². The number of aryl methyl sites for hydroxylation is 1. The number of nitrogens with zero attached hydrogens (tertiary/aromatic N) is 2. The smallest absolute Gasteiger partial charge is 0.0791 e. The van der Waals surface area contributed by atoms with Crippen LogP contribution in [0.25, 0.3) is 55.0 Å². The molecule has 0 atom stereocenters. The first-order valence-corrected chi connectivity index (χ1v) is 12.0. The molecule has 0 N–H and O–H groups in total. The van der Waals surface area contributed by atoms with E-state index in [2.05, 4.69) is 131 Å². The van der Waals surface area contributed by atoms with Crippen LogP contribution in [0.1, 0.15) is 12.5 Å². The molecule has 0 bridgehead atoms. The second-order valence-corrected chi connectivity index (χ2v) is 8.89. The summed E-state index contributed by atoms with van der Waals surface area (Å²) in [5.74, 6) is 0. The predicted molar refractivity (Wildman–Crippen MR) is 144 cm³/mol. The van der Waals surface area contributed by atoms with Gasteiger partial charge in [-0.3, -0.25) is 0 Å². The molecule has 0 saturated heterocycles. The van der Waals surface area contributed by atoms with Gasteiger partial charge in [0.2, 0.25) is 0 Å². The van der Waals surface area contributed by atoms with Crippen molar-refractivity contribution in [3.05, 3.63) is 121 Å². The molecule has 34 heavy (non-hydrogen) atoms. The largest absolute Gasteiger partial charge is 0.307 e. The molecule has 2 aromatic heterocycles. The van der Waals surface area contributed by atoms with Crippen molar-refractivity contribution >= 4 is 43.6 Å². The molecule has 0 fully saturated rings. The molecule has 0 amide bonds. The Labute approximate surface area is 198 Å². The zero-order valence-electron chi connectivity index (χ0n) is 19.1. The van der Waals surface area contributed by atoms with E-state index in [1.807, 2.05) is 0 Å². The zero-order valence-corrected chi connectivity index (χ0v) is 19.1. The van der Waals surface area contributed by atoms with E-state index < -0.39 is 0 Å². The molecule has 0 aliphatic heterocycles. The summed E-state index contributed by atoms with van der Waals surface area (Å²) in [6.45, 7) is 2.27. The first-order chi connectivity index (χ1) is 16.9. The van der Waals surface area contributed by atoms with Crippen molar-refractivity contribution in [3.63, 3.8) is 0 Å². The van der Waals surface area contributed by atoms with Gasteiger partial charge in [-0.1, -0.05) is 79.7 Å². The number of hydrogen-bond donors (Lipinski definition) is 0. The van der Waals surface area contributed by atoms with Gasteiger partial charge in [0.25, 0.3) is 0 Å². The Kier molecular flexibility index (Phi) is 4.16. The van der Waals surface area contributed by atoms with Gasteiger partial charge in [0.05, 0.1) is 22.1 Å². The van der Waals surface area contributed by atoms with Gasteiger partial charge in [-0.25, -0.2) is 0 Å².